The average molecular weight is 368 g/mol. The molecule has 2 aromatic rings. The zero-order chi connectivity index (χ0) is 17.2. The van der Waals surface area contributed by atoms with Gasteiger partial charge < -0.3 is 0 Å². The van der Waals surface area contributed by atoms with Crippen molar-refractivity contribution < 1.29 is 12.8 Å². The first kappa shape index (κ1) is 17.4. The van der Waals surface area contributed by atoms with Gasteiger partial charge in [0.05, 0.1) is 5.02 Å². The third-order valence-electron chi connectivity index (χ3n) is 4.47. The lowest BCUT2D eigenvalue weighted by atomic mass is 9.91. The molecule has 2 aromatic carbocycles. The van der Waals surface area contributed by atoms with E-state index in [1.165, 1.54) is 16.4 Å². The lowest BCUT2D eigenvalue weighted by molar-refractivity contribution is 0.273. The Bertz CT molecular complexity index is 800. The van der Waals surface area contributed by atoms with E-state index in [0.29, 0.717) is 19.0 Å². The zero-order valence-electron chi connectivity index (χ0n) is 13.2. The molecule has 1 aliphatic heterocycles. The Morgan fingerprint density at radius 3 is 2.29 bits per heavy atom. The van der Waals surface area contributed by atoms with Crippen LogP contribution in [-0.2, 0) is 16.4 Å². The van der Waals surface area contributed by atoms with E-state index in [9.17, 15) is 12.8 Å². The molecule has 24 heavy (non-hydrogen) atoms. The fourth-order valence-electron chi connectivity index (χ4n) is 3.10. The predicted molar refractivity (Wildman–Crippen MR) is 93.0 cm³/mol. The maximum Gasteiger partial charge on any atom is 0.244 e. The molecule has 0 amide bonds. The molecule has 0 saturated carbocycles. The Morgan fingerprint density at radius 2 is 1.67 bits per heavy atom. The highest BCUT2D eigenvalue weighted by Gasteiger charge is 2.30. The summed E-state index contributed by atoms with van der Waals surface area (Å²) in [6, 6.07) is 13.1. The van der Waals surface area contributed by atoms with E-state index in [1.54, 1.807) is 36.4 Å². The number of sulfonamides is 1. The third kappa shape index (κ3) is 3.79. The summed E-state index contributed by atoms with van der Waals surface area (Å²) in [5.74, 6) is 0.174. The smallest absolute Gasteiger partial charge is 0.207 e. The first-order valence-electron chi connectivity index (χ1n) is 7.96. The summed E-state index contributed by atoms with van der Waals surface area (Å²) in [5.41, 5.74) is 1.09. The van der Waals surface area contributed by atoms with Crippen LogP contribution in [0.1, 0.15) is 18.4 Å². The van der Waals surface area contributed by atoms with Crippen molar-refractivity contribution in [2.24, 2.45) is 5.92 Å². The molecule has 0 unspecified atom stereocenters. The van der Waals surface area contributed by atoms with Gasteiger partial charge in [-0.05, 0) is 55.0 Å². The van der Waals surface area contributed by atoms with Gasteiger partial charge in [0.25, 0.3) is 0 Å². The Morgan fingerprint density at radius 1 is 1.04 bits per heavy atom. The monoisotopic (exact) mass is 367 g/mol. The molecule has 6 heteroatoms. The third-order valence-corrected chi connectivity index (χ3v) is 6.86. The van der Waals surface area contributed by atoms with Crippen molar-refractivity contribution in [1.29, 1.82) is 0 Å². The molecule has 1 heterocycles. The second-order valence-electron chi connectivity index (χ2n) is 6.11. The van der Waals surface area contributed by atoms with Crippen LogP contribution in [0.5, 0.6) is 0 Å². The average Bonchev–Trinajstić information content (AvgIpc) is 2.58. The maximum absolute atomic E-state index is 13.0. The Balaban J connectivity index is 1.64. The SMILES string of the molecule is O=S(=O)(c1ccccc1Cl)N1CCC(Cc2ccc(F)cc2)CC1. The number of nitrogens with zero attached hydrogens (tertiary/aromatic N) is 1. The first-order valence-corrected chi connectivity index (χ1v) is 9.78. The number of rotatable bonds is 4. The predicted octanol–water partition coefficient (Wildman–Crippen LogP) is 4.12. The van der Waals surface area contributed by atoms with Gasteiger partial charge >= 0.3 is 0 Å². The summed E-state index contributed by atoms with van der Waals surface area (Å²) in [7, 11) is -3.54. The highest BCUT2D eigenvalue weighted by Crippen LogP contribution is 2.29. The summed E-state index contributed by atoms with van der Waals surface area (Å²) in [5, 5.41) is 0.255. The standard InChI is InChI=1S/C18H19ClFNO2S/c19-17-3-1-2-4-18(17)24(22,23)21-11-9-15(10-12-21)13-14-5-7-16(20)8-6-14/h1-8,15H,9-13H2. The Labute approximate surface area is 147 Å². The van der Waals surface area contributed by atoms with E-state index in [-0.39, 0.29) is 15.7 Å². The van der Waals surface area contributed by atoms with Crippen molar-refractivity contribution in [2.75, 3.05) is 13.1 Å². The molecule has 0 N–H and O–H groups in total. The largest absolute Gasteiger partial charge is 0.244 e. The minimum Gasteiger partial charge on any atom is -0.207 e. The van der Waals surface area contributed by atoms with Gasteiger partial charge in [-0.2, -0.15) is 4.31 Å². The topological polar surface area (TPSA) is 37.4 Å². The van der Waals surface area contributed by atoms with Crippen molar-refractivity contribution in [3.63, 3.8) is 0 Å². The van der Waals surface area contributed by atoms with Gasteiger partial charge in [-0.25, -0.2) is 12.8 Å². The number of piperidine rings is 1. The number of benzene rings is 2. The minimum absolute atomic E-state index is 0.170. The van der Waals surface area contributed by atoms with E-state index in [4.69, 9.17) is 11.6 Å². The summed E-state index contributed by atoms with van der Waals surface area (Å²) < 4.78 is 39.9. The molecule has 0 aromatic heterocycles. The molecule has 1 aliphatic rings. The van der Waals surface area contributed by atoms with E-state index >= 15 is 0 Å². The van der Waals surface area contributed by atoms with Gasteiger partial charge in [-0.1, -0.05) is 35.9 Å². The highest BCUT2D eigenvalue weighted by molar-refractivity contribution is 7.89. The van der Waals surface area contributed by atoms with E-state index in [0.717, 1.165) is 24.8 Å². The molecule has 1 fully saturated rings. The molecule has 128 valence electrons. The second-order valence-corrected chi connectivity index (χ2v) is 8.42. The Kier molecular flexibility index (Phi) is 5.23. The summed E-state index contributed by atoms with van der Waals surface area (Å²) in [6.07, 6.45) is 2.43. The van der Waals surface area contributed by atoms with Crippen LogP contribution < -0.4 is 0 Å². The van der Waals surface area contributed by atoms with Crippen LogP contribution in [0, 0.1) is 11.7 Å². The van der Waals surface area contributed by atoms with Crippen LogP contribution in [-0.4, -0.2) is 25.8 Å². The highest BCUT2D eigenvalue weighted by atomic mass is 35.5. The Hall–Kier alpha value is -1.43. The fraction of sp³-hybridized carbons (Fsp3) is 0.333. The summed E-state index contributed by atoms with van der Waals surface area (Å²) >= 11 is 6.04. The maximum atomic E-state index is 13.0. The molecule has 3 rings (SSSR count). The van der Waals surface area contributed by atoms with Crippen LogP contribution in [0.15, 0.2) is 53.4 Å². The number of hydrogen-bond acceptors (Lipinski definition) is 2. The number of halogens is 2. The zero-order valence-corrected chi connectivity index (χ0v) is 14.7. The fourth-order valence-corrected chi connectivity index (χ4v) is 5.06. The molecule has 0 atom stereocenters. The molecular formula is C18H19ClFNO2S. The van der Waals surface area contributed by atoms with Crippen LogP contribution in [0.25, 0.3) is 0 Å². The molecule has 3 nitrogen and oxygen atoms in total. The first-order chi connectivity index (χ1) is 11.5. The van der Waals surface area contributed by atoms with Crippen LogP contribution in [0.2, 0.25) is 5.02 Å². The van der Waals surface area contributed by atoms with Gasteiger partial charge in [0.15, 0.2) is 0 Å². The lowest BCUT2D eigenvalue weighted by Gasteiger charge is -2.31. The lowest BCUT2D eigenvalue weighted by Crippen LogP contribution is -2.39. The van der Waals surface area contributed by atoms with Crippen molar-refractivity contribution in [3.05, 3.63) is 64.9 Å². The van der Waals surface area contributed by atoms with Gasteiger partial charge in [0, 0.05) is 13.1 Å². The van der Waals surface area contributed by atoms with E-state index in [2.05, 4.69) is 0 Å². The summed E-state index contributed by atoms with van der Waals surface area (Å²) in [4.78, 5) is 0.170. The van der Waals surface area contributed by atoms with Crippen LogP contribution >= 0.6 is 11.6 Å². The van der Waals surface area contributed by atoms with E-state index in [1.807, 2.05) is 0 Å². The molecule has 1 saturated heterocycles. The molecular weight excluding hydrogens is 349 g/mol. The molecule has 0 bridgehead atoms. The minimum atomic E-state index is -3.54. The molecule has 0 spiro atoms. The van der Waals surface area contributed by atoms with Gasteiger partial charge in [-0.3, -0.25) is 0 Å². The molecule has 0 aliphatic carbocycles. The van der Waals surface area contributed by atoms with Crippen molar-refractivity contribution in [1.82, 2.24) is 4.31 Å². The molecule has 0 radical (unpaired) electrons. The number of hydrogen-bond donors (Lipinski definition) is 0. The summed E-state index contributed by atoms with van der Waals surface area (Å²) in [6.45, 7) is 0.971. The van der Waals surface area contributed by atoms with Crippen LogP contribution in [0.3, 0.4) is 0 Å². The van der Waals surface area contributed by atoms with Crippen molar-refractivity contribution in [3.8, 4) is 0 Å². The van der Waals surface area contributed by atoms with Crippen LogP contribution in [0.4, 0.5) is 4.39 Å². The van der Waals surface area contributed by atoms with Gasteiger partial charge in [0.1, 0.15) is 10.7 Å². The quantitative estimate of drug-likeness (QED) is 0.815. The normalized spacial score (nSPS) is 17.1. The van der Waals surface area contributed by atoms with Crippen molar-refractivity contribution >= 4 is 21.6 Å². The second kappa shape index (κ2) is 7.21. The van der Waals surface area contributed by atoms with Gasteiger partial charge in [-0.15, -0.1) is 0 Å². The van der Waals surface area contributed by atoms with Crippen molar-refractivity contribution in [2.45, 2.75) is 24.2 Å². The van der Waals surface area contributed by atoms with E-state index < -0.39 is 10.0 Å². The van der Waals surface area contributed by atoms with Gasteiger partial charge in [0.2, 0.25) is 10.0 Å².